The third kappa shape index (κ3) is 8.14. The molecule has 1 aliphatic heterocycles. The highest BCUT2D eigenvalue weighted by atomic mass is 35.5. The minimum atomic E-state index is -1.76. The SMILES string of the molecule is CCCCC[Si@H]1CC[C@H](CCCC[C@H]2CC[C@H](c3ccc(C(F)Cl)c(F)c3)CC2)CC1. The maximum Gasteiger partial charge on any atom is 0.201 e. The van der Waals surface area contributed by atoms with Gasteiger partial charge in [-0.25, -0.2) is 8.78 Å². The number of unbranched alkanes of at least 4 members (excludes halogenated alkanes) is 3. The molecule has 1 saturated heterocycles. The van der Waals surface area contributed by atoms with Gasteiger partial charge < -0.3 is 0 Å². The Hall–Kier alpha value is -0.413. The lowest BCUT2D eigenvalue weighted by atomic mass is 9.77. The van der Waals surface area contributed by atoms with Crippen molar-refractivity contribution in [1.82, 2.24) is 0 Å². The summed E-state index contributed by atoms with van der Waals surface area (Å²) >= 11 is 5.40. The first-order chi connectivity index (χ1) is 15.1. The van der Waals surface area contributed by atoms with Crippen LogP contribution >= 0.6 is 11.6 Å². The van der Waals surface area contributed by atoms with E-state index < -0.39 is 11.4 Å². The Morgan fingerprint density at radius 2 is 1.58 bits per heavy atom. The van der Waals surface area contributed by atoms with Gasteiger partial charge >= 0.3 is 0 Å². The van der Waals surface area contributed by atoms with E-state index in [2.05, 4.69) is 6.92 Å². The molecular weight excluding hydrogens is 426 g/mol. The summed E-state index contributed by atoms with van der Waals surface area (Å²) in [7, 11) is -0.353. The monoisotopic (exact) mass is 468 g/mol. The Kier molecular flexibility index (Phi) is 10.8. The van der Waals surface area contributed by atoms with Crippen LogP contribution in [0, 0.1) is 17.7 Å². The molecule has 0 bridgehead atoms. The van der Waals surface area contributed by atoms with Crippen LogP contribution in [-0.2, 0) is 0 Å². The second-order valence-electron chi connectivity index (χ2n) is 10.5. The van der Waals surface area contributed by atoms with Crippen molar-refractivity contribution < 1.29 is 8.78 Å². The molecule has 0 radical (unpaired) electrons. The summed E-state index contributed by atoms with van der Waals surface area (Å²) in [5.74, 6) is 1.80. The van der Waals surface area contributed by atoms with Crippen LogP contribution in [0.15, 0.2) is 18.2 Å². The molecule has 4 heteroatoms. The zero-order valence-corrected chi connectivity index (χ0v) is 21.5. The Bertz CT molecular complexity index is 634. The minimum Gasteiger partial charge on any atom is -0.225 e. The van der Waals surface area contributed by atoms with Crippen LogP contribution in [0.3, 0.4) is 0 Å². The lowest BCUT2D eigenvalue weighted by molar-refractivity contribution is 0.297. The maximum atomic E-state index is 14.1. The van der Waals surface area contributed by atoms with Gasteiger partial charge in [-0.2, -0.15) is 0 Å². The predicted octanol–water partition coefficient (Wildman–Crippen LogP) is 9.69. The molecule has 1 aromatic rings. The lowest BCUT2D eigenvalue weighted by Crippen LogP contribution is -2.21. The summed E-state index contributed by atoms with van der Waals surface area (Å²) in [6.07, 6.45) is 17.8. The number of hydrogen-bond acceptors (Lipinski definition) is 0. The van der Waals surface area contributed by atoms with Crippen molar-refractivity contribution in [3.8, 4) is 0 Å². The Labute approximate surface area is 196 Å². The molecular formula is C27H43ClF2Si. The third-order valence-electron chi connectivity index (χ3n) is 8.23. The molecule has 0 spiro atoms. The molecule has 0 aromatic heterocycles. The molecule has 1 unspecified atom stereocenters. The summed E-state index contributed by atoms with van der Waals surface area (Å²) in [6.45, 7) is 2.31. The normalized spacial score (nSPS) is 27.9. The highest BCUT2D eigenvalue weighted by Crippen LogP contribution is 2.39. The highest BCUT2D eigenvalue weighted by Gasteiger charge is 2.24. The van der Waals surface area contributed by atoms with Gasteiger partial charge in [0.2, 0.25) is 5.63 Å². The van der Waals surface area contributed by atoms with Gasteiger partial charge in [0.25, 0.3) is 0 Å². The van der Waals surface area contributed by atoms with Crippen LogP contribution in [0.1, 0.15) is 113 Å². The molecule has 0 nitrogen and oxygen atoms in total. The molecule has 0 amide bonds. The molecule has 2 fully saturated rings. The minimum absolute atomic E-state index is 0.0357. The Morgan fingerprint density at radius 1 is 0.935 bits per heavy atom. The van der Waals surface area contributed by atoms with Crippen LogP contribution in [0.25, 0.3) is 0 Å². The zero-order chi connectivity index (χ0) is 22.1. The van der Waals surface area contributed by atoms with E-state index in [0.29, 0.717) is 5.92 Å². The standard InChI is InChI=1S/C27H43ClF2Si/c1-2-3-6-17-31-18-15-22(16-19-31)8-5-4-7-21-9-11-23(12-10-21)24-13-14-25(27(28)30)26(29)20-24/h13-14,20-23,27,31H,2-12,15-19H2,1H3/t21-,22-,23-,27?,31-. The first kappa shape index (κ1) is 25.2. The first-order valence-corrected chi connectivity index (χ1v) is 16.0. The highest BCUT2D eigenvalue weighted by molar-refractivity contribution is 6.58. The largest absolute Gasteiger partial charge is 0.225 e. The lowest BCUT2D eigenvalue weighted by Gasteiger charge is -2.30. The molecule has 1 aromatic carbocycles. The van der Waals surface area contributed by atoms with Gasteiger partial charge in [0.1, 0.15) is 5.82 Å². The van der Waals surface area contributed by atoms with Crippen molar-refractivity contribution >= 4 is 20.4 Å². The van der Waals surface area contributed by atoms with Gasteiger partial charge in [0, 0.05) is 14.4 Å². The van der Waals surface area contributed by atoms with E-state index in [1.54, 1.807) is 18.1 Å². The van der Waals surface area contributed by atoms with Crippen molar-refractivity contribution in [2.45, 2.75) is 120 Å². The van der Waals surface area contributed by atoms with Gasteiger partial charge in [-0.1, -0.05) is 107 Å². The van der Waals surface area contributed by atoms with E-state index in [1.165, 1.54) is 82.8 Å². The quantitative estimate of drug-likeness (QED) is 0.172. The number of alkyl halides is 2. The van der Waals surface area contributed by atoms with Crippen LogP contribution < -0.4 is 0 Å². The number of benzene rings is 1. The van der Waals surface area contributed by atoms with Gasteiger partial charge in [-0.15, -0.1) is 0 Å². The van der Waals surface area contributed by atoms with E-state index in [-0.39, 0.29) is 14.4 Å². The first-order valence-electron chi connectivity index (χ1n) is 13.1. The van der Waals surface area contributed by atoms with Crippen LogP contribution in [0.4, 0.5) is 8.78 Å². The maximum absolute atomic E-state index is 14.1. The van der Waals surface area contributed by atoms with Crippen molar-refractivity contribution in [2.75, 3.05) is 0 Å². The van der Waals surface area contributed by atoms with Gasteiger partial charge in [0.15, 0.2) is 0 Å². The third-order valence-corrected chi connectivity index (χ3v) is 12.0. The average molecular weight is 469 g/mol. The number of rotatable bonds is 11. The van der Waals surface area contributed by atoms with Crippen molar-refractivity contribution in [3.63, 3.8) is 0 Å². The van der Waals surface area contributed by atoms with E-state index in [0.717, 1.165) is 30.2 Å². The van der Waals surface area contributed by atoms with E-state index in [9.17, 15) is 8.78 Å². The molecule has 3 rings (SSSR count). The molecule has 1 atom stereocenters. The summed E-state index contributed by atoms with van der Waals surface area (Å²) in [6, 6.07) is 9.77. The topological polar surface area (TPSA) is 0 Å². The fourth-order valence-corrected chi connectivity index (χ4v) is 9.91. The summed E-state index contributed by atoms with van der Waals surface area (Å²) < 4.78 is 27.2. The van der Waals surface area contributed by atoms with E-state index >= 15 is 0 Å². The van der Waals surface area contributed by atoms with Gasteiger partial charge in [0.05, 0.1) is 0 Å². The molecule has 0 N–H and O–H groups in total. The number of hydrogen-bond donors (Lipinski definition) is 0. The zero-order valence-electron chi connectivity index (χ0n) is 19.6. The van der Waals surface area contributed by atoms with Crippen molar-refractivity contribution in [2.24, 2.45) is 11.8 Å². The fourth-order valence-electron chi connectivity index (χ4n) is 6.12. The summed E-state index contributed by atoms with van der Waals surface area (Å²) in [4.78, 5) is 0. The second-order valence-corrected chi connectivity index (χ2v) is 14.3. The number of halogens is 3. The smallest absolute Gasteiger partial charge is 0.201 e. The van der Waals surface area contributed by atoms with Crippen molar-refractivity contribution in [1.29, 1.82) is 0 Å². The molecule has 1 saturated carbocycles. The van der Waals surface area contributed by atoms with Gasteiger partial charge in [-0.05, 0) is 55.1 Å². The van der Waals surface area contributed by atoms with Crippen LogP contribution in [0.5, 0.6) is 0 Å². The van der Waals surface area contributed by atoms with Crippen molar-refractivity contribution in [3.05, 3.63) is 35.1 Å². The molecule has 1 aliphatic carbocycles. The molecule has 31 heavy (non-hydrogen) atoms. The van der Waals surface area contributed by atoms with E-state index in [4.69, 9.17) is 11.6 Å². The van der Waals surface area contributed by atoms with Crippen LogP contribution in [0.2, 0.25) is 18.1 Å². The summed E-state index contributed by atoms with van der Waals surface area (Å²) in [5, 5.41) is 0. The summed E-state index contributed by atoms with van der Waals surface area (Å²) in [5.41, 5.74) is -0.773. The Balaban J connectivity index is 1.27. The van der Waals surface area contributed by atoms with E-state index in [1.807, 2.05) is 6.07 Å². The Morgan fingerprint density at radius 3 is 2.16 bits per heavy atom. The second kappa shape index (κ2) is 13.3. The predicted molar refractivity (Wildman–Crippen MR) is 133 cm³/mol. The molecule has 2 aliphatic rings. The average Bonchev–Trinajstić information content (AvgIpc) is 2.78. The molecule has 1 heterocycles. The van der Waals surface area contributed by atoms with Gasteiger partial charge in [-0.3, -0.25) is 0 Å². The van der Waals surface area contributed by atoms with Crippen LogP contribution in [-0.4, -0.2) is 8.80 Å². The molecule has 176 valence electrons. The fraction of sp³-hybridized carbons (Fsp3) is 0.778.